The van der Waals surface area contributed by atoms with E-state index in [1.165, 1.54) is 17.4 Å². The van der Waals surface area contributed by atoms with Gasteiger partial charge in [0.05, 0.1) is 11.6 Å². The molecule has 1 aromatic heterocycles. The lowest BCUT2D eigenvalue weighted by Crippen LogP contribution is -2.26. The minimum absolute atomic E-state index is 0.423. The van der Waals surface area contributed by atoms with Crippen molar-refractivity contribution in [3.05, 3.63) is 40.5 Å². The zero-order valence-corrected chi connectivity index (χ0v) is 13.2. The van der Waals surface area contributed by atoms with Crippen LogP contribution in [0.3, 0.4) is 0 Å². The number of nitrogens with zero attached hydrogens (tertiary/aromatic N) is 1. The minimum Gasteiger partial charge on any atom is -0.381 e. The summed E-state index contributed by atoms with van der Waals surface area (Å²) in [6.45, 7) is 0.863. The van der Waals surface area contributed by atoms with Gasteiger partial charge in [0.15, 0.2) is 0 Å². The summed E-state index contributed by atoms with van der Waals surface area (Å²) in [4.78, 5) is 4.52. The summed E-state index contributed by atoms with van der Waals surface area (Å²) < 4.78 is 6.52. The van der Waals surface area contributed by atoms with Gasteiger partial charge in [-0.1, -0.05) is 28.1 Å². The fraction of sp³-hybridized carbons (Fsp3) is 0.438. The van der Waals surface area contributed by atoms with Crippen molar-refractivity contribution >= 4 is 26.8 Å². The van der Waals surface area contributed by atoms with Gasteiger partial charge in [-0.3, -0.25) is 4.98 Å². The molecule has 2 atom stereocenters. The van der Waals surface area contributed by atoms with Crippen LogP contribution >= 0.6 is 15.9 Å². The van der Waals surface area contributed by atoms with E-state index in [1.54, 1.807) is 7.11 Å². The number of methoxy groups -OCH3 is 1. The third kappa shape index (κ3) is 2.87. The molecule has 3 rings (SSSR count). The van der Waals surface area contributed by atoms with Gasteiger partial charge >= 0.3 is 0 Å². The lowest BCUT2D eigenvalue weighted by Gasteiger charge is -2.14. The van der Waals surface area contributed by atoms with E-state index < -0.39 is 0 Å². The van der Waals surface area contributed by atoms with Gasteiger partial charge in [-0.15, -0.1) is 0 Å². The minimum atomic E-state index is 0.423. The molecular formula is C16H19BrN2O. The molecule has 1 aliphatic rings. The van der Waals surface area contributed by atoms with Gasteiger partial charge in [-0.05, 0) is 37.0 Å². The average molecular weight is 335 g/mol. The number of halogens is 1. The Morgan fingerprint density at radius 1 is 1.35 bits per heavy atom. The van der Waals surface area contributed by atoms with E-state index in [1.807, 2.05) is 12.3 Å². The summed E-state index contributed by atoms with van der Waals surface area (Å²) in [5.41, 5.74) is 2.33. The van der Waals surface area contributed by atoms with Crippen LogP contribution in [-0.2, 0) is 11.3 Å². The molecule has 0 aliphatic heterocycles. The van der Waals surface area contributed by atoms with E-state index in [2.05, 4.69) is 44.4 Å². The van der Waals surface area contributed by atoms with Crippen LogP contribution in [0, 0.1) is 0 Å². The molecule has 1 aliphatic carbocycles. The van der Waals surface area contributed by atoms with E-state index in [-0.39, 0.29) is 0 Å². The number of ether oxygens (including phenoxy) is 1. The van der Waals surface area contributed by atoms with Gasteiger partial charge in [0, 0.05) is 35.8 Å². The lowest BCUT2D eigenvalue weighted by atomic mass is 10.1. The molecule has 4 heteroatoms. The standard InChI is InChI=1S/C16H19BrN2O/c1-20-13-6-5-12(9-13)19-10-11-4-7-15(17)14-3-2-8-18-16(11)14/h2-4,7-8,12-13,19H,5-6,9-10H2,1H3. The molecule has 1 N–H and O–H groups in total. The fourth-order valence-electron chi connectivity index (χ4n) is 2.93. The number of pyridine rings is 1. The SMILES string of the molecule is COC1CCC(NCc2ccc(Br)c3cccnc23)C1. The van der Waals surface area contributed by atoms with Crippen molar-refractivity contribution in [1.29, 1.82) is 0 Å². The largest absolute Gasteiger partial charge is 0.381 e. The number of aromatic nitrogens is 1. The van der Waals surface area contributed by atoms with Crippen LogP contribution in [0.15, 0.2) is 34.9 Å². The predicted octanol–water partition coefficient (Wildman–Crippen LogP) is 3.65. The third-order valence-corrected chi connectivity index (χ3v) is 4.79. The molecule has 0 radical (unpaired) electrons. The smallest absolute Gasteiger partial charge is 0.0758 e. The van der Waals surface area contributed by atoms with E-state index >= 15 is 0 Å². The van der Waals surface area contributed by atoms with Gasteiger partial charge in [0.1, 0.15) is 0 Å². The second kappa shape index (κ2) is 6.20. The van der Waals surface area contributed by atoms with E-state index in [0.29, 0.717) is 12.1 Å². The summed E-state index contributed by atoms with van der Waals surface area (Å²) in [6.07, 6.45) is 5.74. The average Bonchev–Trinajstić information content (AvgIpc) is 2.95. The Morgan fingerprint density at radius 3 is 3.05 bits per heavy atom. The van der Waals surface area contributed by atoms with Crippen LogP contribution in [0.2, 0.25) is 0 Å². The first-order valence-corrected chi connectivity index (χ1v) is 7.85. The maximum absolute atomic E-state index is 5.42. The van der Waals surface area contributed by atoms with Crippen molar-refractivity contribution in [1.82, 2.24) is 10.3 Å². The van der Waals surface area contributed by atoms with Crippen molar-refractivity contribution < 1.29 is 4.74 Å². The molecule has 2 aromatic rings. The van der Waals surface area contributed by atoms with Gasteiger partial charge in [-0.25, -0.2) is 0 Å². The Kier molecular flexibility index (Phi) is 4.34. The molecule has 3 nitrogen and oxygen atoms in total. The molecule has 2 unspecified atom stereocenters. The summed E-state index contributed by atoms with van der Waals surface area (Å²) in [5.74, 6) is 0. The molecule has 1 heterocycles. The molecule has 0 saturated heterocycles. The fourth-order valence-corrected chi connectivity index (χ4v) is 3.39. The first kappa shape index (κ1) is 14.0. The number of hydrogen-bond acceptors (Lipinski definition) is 3. The number of fused-ring (bicyclic) bond motifs is 1. The van der Waals surface area contributed by atoms with Crippen molar-refractivity contribution in [3.63, 3.8) is 0 Å². The highest BCUT2D eigenvalue weighted by molar-refractivity contribution is 9.10. The number of rotatable bonds is 4. The van der Waals surface area contributed by atoms with Crippen LogP contribution in [0.5, 0.6) is 0 Å². The van der Waals surface area contributed by atoms with Crippen molar-refractivity contribution in [2.24, 2.45) is 0 Å². The second-order valence-corrected chi connectivity index (χ2v) is 6.21. The highest BCUT2D eigenvalue weighted by Gasteiger charge is 2.23. The summed E-state index contributed by atoms with van der Waals surface area (Å²) >= 11 is 3.59. The summed E-state index contributed by atoms with van der Waals surface area (Å²) in [5, 5.41) is 4.81. The van der Waals surface area contributed by atoms with Crippen molar-refractivity contribution in [2.75, 3.05) is 7.11 Å². The van der Waals surface area contributed by atoms with Gasteiger partial charge in [-0.2, -0.15) is 0 Å². The van der Waals surface area contributed by atoms with Crippen LogP contribution in [0.1, 0.15) is 24.8 Å². The topological polar surface area (TPSA) is 34.1 Å². The monoisotopic (exact) mass is 334 g/mol. The van der Waals surface area contributed by atoms with Gasteiger partial charge < -0.3 is 10.1 Å². The molecule has 1 fully saturated rings. The highest BCUT2D eigenvalue weighted by atomic mass is 79.9. The Labute approximate surface area is 127 Å². The quantitative estimate of drug-likeness (QED) is 0.926. The first-order valence-electron chi connectivity index (χ1n) is 7.06. The Morgan fingerprint density at radius 2 is 2.25 bits per heavy atom. The molecule has 1 aromatic carbocycles. The summed E-state index contributed by atoms with van der Waals surface area (Å²) in [7, 11) is 1.80. The molecular weight excluding hydrogens is 316 g/mol. The number of nitrogens with one attached hydrogen (secondary N) is 1. The third-order valence-electron chi connectivity index (χ3n) is 4.10. The zero-order valence-electron chi connectivity index (χ0n) is 11.6. The maximum atomic E-state index is 5.42. The first-order chi connectivity index (χ1) is 9.78. The van der Waals surface area contributed by atoms with E-state index in [4.69, 9.17) is 4.74 Å². The second-order valence-electron chi connectivity index (χ2n) is 5.35. The van der Waals surface area contributed by atoms with Gasteiger partial charge in [0.25, 0.3) is 0 Å². The Hall–Kier alpha value is -0.970. The van der Waals surface area contributed by atoms with Crippen LogP contribution < -0.4 is 5.32 Å². The molecule has 0 amide bonds. The number of benzene rings is 1. The van der Waals surface area contributed by atoms with Gasteiger partial charge in [0.2, 0.25) is 0 Å². The summed E-state index contributed by atoms with van der Waals surface area (Å²) in [6, 6.07) is 8.89. The van der Waals surface area contributed by atoms with Crippen LogP contribution in [0.4, 0.5) is 0 Å². The molecule has 106 valence electrons. The zero-order chi connectivity index (χ0) is 13.9. The number of hydrogen-bond donors (Lipinski definition) is 1. The van der Waals surface area contributed by atoms with Crippen LogP contribution in [0.25, 0.3) is 10.9 Å². The molecule has 20 heavy (non-hydrogen) atoms. The molecule has 1 saturated carbocycles. The molecule has 0 spiro atoms. The van der Waals surface area contributed by atoms with E-state index in [0.717, 1.165) is 29.4 Å². The Balaban J connectivity index is 1.74. The van der Waals surface area contributed by atoms with Crippen molar-refractivity contribution in [2.45, 2.75) is 38.0 Å². The maximum Gasteiger partial charge on any atom is 0.0758 e. The lowest BCUT2D eigenvalue weighted by molar-refractivity contribution is 0.107. The Bertz CT molecular complexity index is 602. The van der Waals surface area contributed by atoms with E-state index in [9.17, 15) is 0 Å². The normalized spacial score (nSPS) is 22.5. The highest BCUT2D eigenvalue weighted by Crippen LogP contribution is 2.26. The predicted molar refractivity (Wildman–Crippen MR) is 84.7 cm³/mol. The van der Waals surface area contributed by atoms with Crippen LogP contribution in [-0.4, -0.2) is 24.2 Å². The molecule has 0 bridgehead atoms. The van der Waals surface area contributed by atoms with Crippen molar-refractivity contribution in [3.8, 4) is 0 Å².